The Balaban J connectivity index is 1.98. The minimum atomic E-state index is 1.03. The van der Waals surface area contributed by atoms with E-state index < -0.39 is 0 Å². The van der Waals surface area contributed by atoms with Gasteiger partial charge in [0.1, 0.15) is 0 Å². The molecule has 0 aromatic heterocycles. The van der Waals surface area contributed by atoms with Gasteiger partial charge in [-0.15, -0.1) is 0 Å². The second kappa shape index (κ2) is 4.24. The van der Waals surface area contributed by atoms with Crippen molar-refractivity contribution in [3.8, 4) is 0 Å². The van der Waals surface area contributed by atoms with Crippen LogP contribution in [-0.2, 0) is 0 Å². The summed E-state index contributed by atoms with van der Waals surface area (Å²) in [5.74, 6) is 5.43. The molecule has 0 bridgehead atoms. The van der Waals surface area contributed by atoms with Crippen LogP contribution in [0.2, 0.25) is 0 Å². The standard InChI is InChI=1S/C14H26/c1-4-6-13-10(3)7-12-8-11(5-2)9-14(12)13/h10-14H,4-9H2,1-3H3. The SMILES string of the molecule is CCCC1C(C)CC2CC(CC)CC21. The van der Waals surface area contributed by atoms with Crippen molar-refractivity contribution in [2.75, 3.05) is 0 Å². The molecule has 0 aromatic carbocycles. The smallest absolute Gasteiger partial charge is 0.0352 e. The van der Waals surface area contributed by atoms with Crippen LogP contribution in [0.25, 0.3) is 0 Å². The molecule has 2 rings (SSSR count). The molecule has 0 nitrogen and oxygen atoms in total. The largest absolute Gasteiger partial charge is 0.0654 e. The lowest BCUT2D eigenvalue weighted by Gasteiger charge is -2.21. The summed E-state index contributed by atoms with van der Waals surface area (Å²) in [6, 6.07) is 0. The molecule has 82 valence electrons. The van der Waals surface area contributed by atoms with Gasteiger partial charge < -0.3 is 0 Å². The highest BCUT2D eigenvalue weighted by atomic mass is 14.5. The lowest BCUT2D eigenvalue weighted by atomic mass is 9.84. The fourth-order valence-electron chi connectivity index (χ4n) is 4.31. The van der Waals surface area contributed by atoms with Crippen LogP contribution in [0.15, 0.2) is 0 Å². The van der Waals surface area contributed by atoms with Crippen LogP contribution < -0.4 is 0 Å². The average Bonchev–Trinajstić information content (AvgIpc) is 2.67. The van der Waals surface area contributed by atoms with Crippen molar-refractivity contribution in [1.82, 2.24) is 0 Å². The molecule has 5 atom stereocenters. The van der Waals surface area contributed by atoms with Crippen LogP contribution in [0.5, 0.6) is 0 Å². The molecule has 2 aliphatic rings. The van der Waals surface area contributed by atoms with Crippen molar-refractivity contribution < 1.29 is 0 Å². The highest BCUT2D eigenvalue weighted by molar-refractivity contribution is 4.95. The first-order valence-corrected chi connectivity index (χ1v) is 6.76. The Morgan fingerprint density at radius 3 is 2.50 bits per heavy atom. The van der Waals surface area contributed by atoms with E-state index in [2.05, 4.69) is 20.8 Å². The minimum Gasteiger partial charge on any atom is -0.0654 e. The normalized spacial score (nSPS) is 46.9. The second-order valence-electron chi connectivity index (χ2n) is 5.84. The van der Waals surface area contributed by atoms with E-state index in [1.165, 1.54) is 19.3 Å². The molecule has 2 aliphatic carbocycles. The van der Waals surface area contributed by atoms with Gasteiger partial charge in [-0.25, -0.2) is 0 Å². The maximum atomic E-state index is 2.50. The van der Waals surface area contributed by atoms with Crippen LogP contribution in [0, 0.1) is 29.6 Å². The molecule has 0 saturated heterocycles. The summed E-state index contributed by atoms with van der Waals surface area (Å²) in [6.07, 6.45) is 9.00. The van der Waals surface area contributed by atoms with E-state index in [-0.39, 0.29) is 0 Å². The third-order valence-electron chi connectivity index (χ3n) is 5.00. The zero-order valence-electron chi connectivity index (χ0n) is 10.1. The van der Waals surface area contributed by atoms with Crippen LogP contribution in [0.3, 0.4) is 0 Å². The maximum Gasteiger partial charge on any atom is -0.0352 e. The summed E-state index contributed by atoms with van der Waals surface area (Å²) in [7, 11) is 0. The van der Waals surface area contributed by atoms with Crippen LogP contribution in [0.4, 0.5) is 0 Å². The van der Waals surface area contributed by atoms with E-state index in [1.54, 1.807) is 19.3 Å². The summed E-state index contributed by atoms with van der Waals surface area (Å²) in [4.78, 5) is 0. The molecule has 0 heterocycles. The summed E-state index contributed by atoms with van der Waals surface area (Å²) in [5, 5.41) is 0. The van der Waals surface area contributed by atoms with Crippen LogP contribution in [0.1, 0.15) is 59.3 Å². The van der Waals surface area contributed by atoms with Gasteiger partial charge in [-0.3, -0.25) is 0 Å². The molecule has 0 N–H and O–H groups in total. The molecule has 2 fully saturated rings. The van der Waals surface area contributed by atoms with Gasteiger partial charge in [0.15, 0.2) is 0 Å². The van der Waals surface area contributed by atoms with Crippen molar-refractivity contribution in [2.45, 2.75) is 59.3 Å². The zero-order valence-corrected chi connectivity index (χ0v) is 10.1. The van der Waals surface area contributed by atoms with Crippen molar-refractivity contribution in [3.63, 3.8) is 0 Å². The first-order valence-electron chi connectivity index (χ1n) is 6.76. The monoisotopic (exact) mass is 194 g/mol. The number of fused-ring (bicyclic) bond motifs is 1. The molecule has 0 heteroatoms. The summed E-state index contributed by atoms with van der Waals surface area (Å²) in [5.41, 5.74) is 0. The van der Waals surface area contributed by atoms with Gasteiger partial charge in [0, 0.05) is 0 Å². The molecule has 0 amide bonds. The Labute approximate surface area is 89.5 Å². The minimum absolute atomic E-state index is 1.03. The lowest BCUT2D eigenvalue weighted by molar-refractivity contribution is 0.280. The van der Waals surface area contributed by atoms with E-state index in [4.69, 9.17) is 0 Å². The van der Waals surface area contributed by atoms with Crippen molar-refractivity contribution in [1.29, 1.82) is 0 Å². The molecule has 14 heavy (non-hydrogen) atoms. The van der Waals surface area contributed by atoms with E-state index in [9.17, 15) is 0 Å². The van der Waals surface area contributed by atoms with Crippen LogP contribution in [-0.4, -0.2) is 0 Å². The van der Waals surface area contributed by atoms with E-state index in [0.717, 1.165) is 29.6 Å². The predicted octanol–water partition coefficient (Wildman–Crippen LogP) is 4.49. The Morgan fingerprint density at radius 2 is 1.86 bits per heavy atom. The van der Waals surface area contributed by atoms with Gasteiger partial charge in [-0.1, -0.05) is 40.0 Å². The van der Waals surface area contributed by atoms with Crippen molar-refractivity contribution in [3.05, 3.63) is 0 Å². The quantitative estimate of drug-likeness (QED) is 0.621. The van der Waals surface area contributed by atoms with E-state index >= 15 is 0 Å². The van der Waals surface area contributed by atoms with Crippen LogP contribution >= 0.6 is 0 Å². The number of hydrogen-bond acceptors (Lipinski definition) is 0. The molecule has 2 saturated carbocycles. The topological polar surface area (TPSA) is 0 Å². The van der Waals surface area contributed by atoms with Gasteiger partial charge in [0.05, 0.1) is 0 Å². The summed E-state index contributed by atoms with van der Waals surface area (Å²) in [6.45, 7) is 7.23. The van der Waals surface area contributed by atoms with E-state index in [0.29, 0.717) is 0 Å². The average molecular weight is 194 g/mol. The molecule has 0 aromatic rings. The molecule has 0 aliphatic heterocycles. The Hall–Kier alpha value is 0. The maximum absolute atomic E-state index is 2.50. The molecular formula is C14H26. The van der Waals surface area contributed by atoms with E-state index in [1.807, 2.05) is 0 Å². The fourth-order valence-corrected chi connectivity index (χ4v) is 4.31. The van der Waals surface area contributed by atoms with Crippen molar-refractivity contribution in [2.24, 2.45) is 29.6 Å². The molecule has 0 radical (unpaired) electrons. The van der Waals surface area contributed by atoms with Crippen molar-refractivity contribution >= 4 is 0 Å². The highest BCUT2D eigenvalue weighted by Gasteiger charge is 2.45. The summed E-state index contributed by atoms with van der Waals surface area (Å²) >= 11 is 0. The number of rotatable bonds is 3. The fraction of sp³-hybridized carbons (Fsp3) is 1.00. The summed E-state index contributed by atoms with van der Waals surface area (Å²) < 4.78 is 0. The zero-order chi connectivity index (χ0) is 10.1. The Bertz CT molecular complexity index is 184. The first kappa shape index (κ1) is 10.5. The Kier molecular flexibility index (Phi) is 3.19. The Morgan fingerprint density at radius 1 is 1.07 bits per heavy atom. The van der Waals surface area contributed by atoms with Gasteiger partial charge in [-0.05, 0) is 48.9 Å². The third-order valence-corrected chi connectivity index (χ3v) is 5.00. The lowest BCUT2D eigenvalue weighted by Crippen LogP contribution is -2.13. The molecular weight excluding hydrogens is 168 g/mol. The molecule has 5 unspecified atom stereocenters. The van der Waals surface area contributed by atoms with Gasteiger partial charge >= 0.3 is 0 Å². The van der Waals surface area contributed by atoms with Gasteiger partial charge in [0.2, 0.25) is 0 Å². The van der Waals surface area contributed by atoms with Gasteiger partial charge in [0.25, 0.3) is 0 Å². The highest BCUT2D eigenvalue weighted by Crippen LogP contribution is 2.54. The number of hydrogen-bond donors (Lipinski definition) is 0. The second-order valence-corrected chi connectivity index (χ2v) is 5.84. The van der Waals surface area contributed by atoms with Gasteiger partial charge in [-0.2, -0.15) is 0 Å². The predicted molar refractivity (Wildman–Crippen MR) is 62.2 cm³/mol. The third kappa shape index (κ3) is 1.73. The first-order chi connectivity index (χ1) is 6.76. The molecule has 0 spiro atoms.